The van der Waals surface area contributed by atoms with Crippen LogP contribution in [0, 0.1) is 0 Å². The van der Waals surface area contributed by atoms with E-state index in [0.29, 0.717) is 0 Å². The van der Waals surface area contributed by atoms with Crippen LogP contribution in [-0.4, -0.2) is 7.05 Å². The summed E-state index contributed by atoms with van der Waals surface area (Å²) in [7, 11) is 1.50. The van der Waals surface area contributed by atoms with Crippen LogP contribution in [0.1, 0.15) is 0 Å². The topological polar surface area (TPSA) is 74.8 Å². The summed E-state index contributed by atoms with van der Waals surface area (Å²) in [5.41, 5.74) is 9.50. The Balaban J connectivity index is 0.000000222. The molecule has 0 atom stereocenters. The Morgan fingerprint density at radius 3 is 2.38 bits per heavy atom. The largest absolute Gasteiger partial charge is 0.333 e. The van der Waals surface area contributed by atoms with Gasteiger partial charge in [0, 0.05) is 6.20 Å². The van der Waals surface area contributed by atoms with E-state index in [0.717, 1.165) is 0 Å². The van der Waals surface area contributed by atoms with Gasteiger partial charge >= 0.3 is 0 Å². The maximum absolute atomic E-state index is 4.50. The van der Waals surface area contributed by atoms with Crippen LogP contribution in [0.25, 0.3) is 0 Å². The van der Waals surface area contributed by atoms with Crippen molar-refractivity contribution in [1.82, 2.24) is 11.0 Å². The fourth-order valence-electron chi connectivity index (χ4n) is 0.199. The summed E-state index contributed by atoms with van der Waals surface area (Å²) in [6.45, 7) is 0. The van der Waals surface area contributed by atoms with Gasteiger partial charge in [-0.2, -0.15) is 0 Å². The van der Waals surface area contributed by atoms with Gasteiger partial charge in [-0.1, -0.05) is 5.22 Å². The van der Waals surface area contributed by atoms with E-state index in [-0.39, 0.29) is 0 Å². The van der Waals surface area contributed by atoms with Gasteiger partial charge < -0.3 is 5.73 Å². The van der Waals surface area contributed by atoms with E-state index < -0.39 is 0 Å². The van der Waals surface area contributed by atoms with Crippen molar-refractivity contribution >= 4 is 0 Å². The average molecular weight is 115 g/mol. The normalized spacial score (nSPS) is 12.8. The zero-order valence-corrected chi connectivity index (χ0v) is 4.63. The van der Waals surface area contributed by atoms with Crippen molar-refractivity contribution in [2.24, 2.45) is 16.1 Å². The minimum absolute atomic E-state index is 1.50. The van der Waals surface area contributed by atoms with E-state index in [9.17, 15) is 0 Å². The molecular formula is C3H9N5. The molecule has 0 aromatic carbocycles. The summed E-state index contributed by atoms with van der Waals surface area (Å²) < 4.78 is 0. The molecule has 0 unspecified atom stereocenters. The highest BCUT2D eigenvalue weighted by Gasteiger charge is 1.72. The molecule has 0 bridgehead atoms. The second kappa shape index (κ2) is 5.90. The van der Waals surface area contributed by atoms with Crippen LogP contribution >= 0.6 is 0 Å². The molecule has 1 heterocycles. The Kier molecular flexibility index (Phi) is 5.09. The van der Waals surface area contributed by atoms with Gasteiger partial charge in [-0.3, -0.25) is 5.43 Å². The molecule has 0 aromatic heterocycles. The Morgan fingerprint density at radius 2 is 2.25 bits per heavy atom. The van der Waals surface area contributed by atoms with E-state index in [2.05, 4.69) is 27.0 Å². The fraction of sp³-hybridized carbons (Fsp3) is 0.333. The Labute approximate surface area is 47.6 Å². The second-order valence-electron chi connectivity index (χ2n) is 0.787. The minimum Gasteiger partial charge on any atom is -0.333 e. The number of hydrogen-bond acceptors (Lipinski definition) is 5. The third-order valence-corrected chi connectivity index (χ3v) is 0.397. The second-order valence-corrected chi connectivity index (χ2v) is 0.787. The zero-order chi connectivity index (χ0) is 6.24. The van der Waals surface area contributed by atoms with Crippen LogP contribution in [-0.2, 0) is 0 Å². The maximum Gasteiger partial charge on any atom is 0.0689 e. The smallest absolute Gasteiger partial charge is 0.0689 e. The first-order chi connectivity index (χ1) is 4.00. The lowest BCUT2D eigenvalue weighted by Crippen LogP contribution is -2.21. The van der Waals surface area contributed by atoms with E-state index in [1.54, 1.807) is 12.4 Å². The van der Waals surface area contributed by atoms with Crippen molar-refractivity contribution in [3.05, 3.63) is 12.4 Å². The number of rotatable bonds is 0. The third-order valence-electron chi connectivity index (χ3n) is 0.397. The first-order valence-corrected chi connectivity index (χ1v) is 2.13. The number of hydrogen-bond donors (Lipinski definition) is 3. The molecule has 0 fully saturated rings. The predicted octanol–water partition coefficient (Wildman–Crippen LogP) is -0.493. The molecule has 46 valence electrons. The van der Waals surface area contributed by atoms with Crippen molar-refractivity contribution in [1.29, 1.82) is 0 Å². The van der Waals surface area contributed by atoms with Crippen LogP contribution in [0.3, 0.4) is 0 Å². The number of hydrazine groups is 1. The Hall–Kier alpha value is -1.10. The Bertz CT molecular complexity index is 73.7. The molecule has 5 heteroatoms. The molecule has 0 radical (unpaired) electrons. The van der Waals surface area contributed by atoms with Gasteiger partial charge in [-0.05, 0) is 7.05 Å². The van der Waals surface area contributed by atoms with Gasteiger partial charge in [-0.15, -0.1) is 5.11 Å². The summed E-state index contributed by atoms with van der Waals surface area (Å²) in [5, 5.41) is 6.80. The maximum atomic E-state index is 4.50. The molecule has 5 nitrogen and oxygen atoms in total. The van der Waals surface area contributed by atoms with Gasteiger partial charge in [0.05, 0.1) is 6.20 Å². The molecule has 1 aliphatic rings. The van der Waals surface area contributed by atoms with Gasteiger partial charge in [-0.25, -0.2) is 5.53 Å². The number of nitrogens with zero attached hydrogens (tertiary/aromatic N) is 2. The quantitative estimate of drug-likeness (QED) is 0.398. The summed E-state index contributed by atoms with van der Waals surface area (Å²) in [4.78, 5) is 0. The first-order valence-electron chi connectivity index (χ1n) is 2.13. The lowest BCUT2D eigenvalue weighted by molar-refractivity contribution is 0.608. The molecule has 8 heavy (non-hydrogen) atoms. The van der Waals surface area contributed by atoms with Gasteiger partial charge in [0.15, 0.2) is 0 Å². The predicted molar refractivity (Wildman–Crippen MR) is 30.4 cm³/mol. The van der Waals surface area contributed by atoms with E-state index >= 15 is 0 Å². The lowest BCUT2D eigenvalue weighted by Gasteiger charge is -1.96. The summed E-state index contributed by atoms with van der Waals surface area (Å²) in [6, 6.07) is 0. The average Bonchev–Trinajstić information content (AvgIpc) is 1.96. The molecule has 1 aliphatic heterocycles. The number of nitrogens with two attached hydrogens (primary N) is 1. The third kappa shape index (κ3) is 3.10. The molecule has 0 saturated carbocycles. The van der Waals surface area contributed by atoms with Crippen LogP contribution in [0.5, 0.6) is 0 Å². The van der Waals surface area contributed by atoms with Crippen molar-refractivity contribution in [2.45, 2.75) is 0 Å². The SMILES string of the molecule is C1=CNNN=N1.CN. The molecule has 0 aromatic rings. The van der Waals surface area contributed by atoms with Crippen molar-refractivity contribution < 1.29 is 0 Å². The summed E-state index contributed by atoms with van der Waals surface area (Å²) in [5.74, 6) is 0. The Morgan fingerprint density at radius 1 is 1.50 bits per heavy atom. The van der Waals surface area contributed by atoms with Crippen molar-refractivity contribution in [3.63, 3.8) is 0 Å². The fourth-order valence-corrected chi connectivity index (χ4v) is 0.199. The van der Waals surface area contributed by atoms with Crippen molar-refractivity contribution in [2.75, 3.05) is 7.05 Å². The number of nitrogens with one attached hydrogen (secondary N) is 2. The molecule has 1 rings (SSSR count). The molecule has 0 saturated heterocycles. The monoisotopic (exact) mass is 115 g/mol. The van der Waals surface area contributed by atoms with Gasteiger partial charge in [0.25, 0.3) is 0 Å². The highest BCUT2D eigenvalue weighted by Crippen LogP contribution is 1.74. The van der Waals surface area contributed by atoms with E-state index in [1.807, 2.05) is 0 Å². The van der Waals surface area contributed by atoms with Gasteiger partial charge in [0.1, 0.15) is 0 Å². The minimum atomic E-state index is 1.50. The first kappa shape index (κ1) is 6.90. The molecule has 0 spiro atoms. The van der Waals surface area contributed by atoms with E-state index in [4.69, 9.17) is 0 Å². The van der Waals surface area contributed by atoms with Crippen LogP contribution < -0.4 is 16.7 Å². The molecule has 0 aliphatic carbocycles. The van der Waals surface area contributed by atoms with Crippen molar-refractivity contribution in [3.8, 4) is 0 Å². The summed E-state index contributed by atoms with van der Waals surface area (Å²) >= 11 is 0. The highest BCUT2D eigenvalue weighted by molar-refractivity contribution is 4.74. The molecule has 4 N–H and O–H groups in total. The summed E-state index contributed by atoms with van der Waals surface area (Å²) in [6.07, 6.45) is 3.20. The van der Waals surface area contributed by atoms with Crippen LogP contribution in [0.2, 0.25) is 0 Å². The van der Waals surface area contributed by atoms with Crippen LogP contribution in [0.4, 0.5) is 0 Å². The standard InChI is InChI=1S/C2H4N4.CH5N/c1-2-4-6-5-3-1;1-2/h1-2H,(H,3,6)(H,4,5);2H2,1H3. The molecular weight excluding hydrogens is 106 g/mol. The van der Waals surface area contributed by atoms with Gasteiger partial charge in [0.2, 0.25) is 0 Å². The zero-order valence-electron chi connectivity index (χ0n) is 4.63. The van der Waals surface area contributed by atoms with E-state index in [1.165, 1.54) is 7.05 Å². The van der Waals surface area contributed by atoms with Crippen LogP contribution in [0.15, 0.2) is 22.7 Å². The molecule has 0 amide bonds. The highest BCUT2D eigenvalue weighted by atomic mass is 15.6. The lowest BCUT2D eigenvalue weighted by atomic mass is 10.9.